The number of ketones is 1. The number of carbonyl (C=O) groups is 2. The molecule has 0 radical (unpaired) electrons. The Morgan fingerprint density at radius 2 is 1.70 bits per heavy atom. The van der Waals surface area contributed by atoms with Gasteiger partial charge in [-0.1, -0.05) is 0 Å². The highest BCUT2D eigenvalue weighted by molar-refractivity contribution is 7.14. The molecule has 3 nitrogen and oxygen atoms in total. The van der Waals surface area contributed by atoms with Crippen molar-refractivity contribution in [2.24, 2.45) is 0 Å². The van der Waals surface area contributed by atoms with Crippen molar-refractivity contribution in [3.05, 3.63) is 51.7 Å². The summed E-state index contributed by atoms with van der Waals surface area (Å²) < 4.78 is 37.3. The molecule has 2 aromatic rings. The fraction of sp³-hybridized carbons (Fsp3) is 0.250. The number of carbonyl (C=O) groups excluding carboxylic acids is 2. The Morgan fingerprint density at radius 3 is 2.22 bits per heavy atom. The van der Waals surface area contributed by atoms with Crippen molar-refractivity contribution in [3.8, 4) is 0 Å². The Kier molecular flexibility index (Phi) is 5.20. The lowest BCUT2D eigenvalue weighted by Gasteiger charge is -2.08. The van der Waals surface area contributed by atoms with E-state index >= 15 is 0 Å². The summed E-state index contributed by atoms with van der Waals surface area (Å²) in [5.74, 6) is -0.531. The zero-order chi connectivity index (χ0) is 17.0. The van der Waals surface area contributed by atoms with Gasteiger partial charge in [-0.05, 0) is 43.3 Å². The van der Waals surface area contributed by atoms with Crippen molar-refractivity contribution < 1.29 is 22.8 Å². The largest absolute Gasteiger partial charge is 0.416 e. The number of benzene rings is 1. The smallest absolute Gasteiger partial charge is 0.326 e. The van der Waals surface area contributed by atoms with Crippen LogP contribution in [-0.4, -0.2) is 11.7 Å². The first-order valence-corrected chi connectivity index (χ1v) is 7.64. The van der Waals surface area contributed by atoms with Crippen molar-refractivity contribution >= 4 is 28.7 Å². The van der Waals surface area contributed by atoms with Crippen LogP contribution < -0.4 is 5.32 Å². The molecular formula is C16H14F3NO2S. The lowest BCUT2D eigenvalue weighted by Crippen LogP contribution is -2.13. The second kappa shape index (κ2) is 6.95. The molecule has 1 amide bonds. The summed E-state index contributed by atoms with van der Waals surface area (Å²) in [6, 6.07) is 7.72. The predicted molar refractivity (Wildman–Crippen MR) is 82.7 cm³/mol. The van der Waals surface area contributed by atoms with E-state index in [0.717, 1.165) is 17.0 Å². The molecule has 0 saturated heterocycles. The van der Waals surface area contributed by atoms with Crippen molar-refractivity contribution in [1.82, 2.24) is 0 Å². The van der Waals surface area contributed by atoms with E-state index in [1.54, 1.807) is 6.07 Å². The number of Topliss-reactive ketones (excluding diaryl/α,β-unsaturated/α-hetero) is 1. The molecule has 1 heterocycles. The molecule has 0 unspecified atom stereocenters. The van der Waals surface area contributed by atoms with E-state index in [1.165, 1.54) is 23.5 Å². The van der Waals surface area contributed by atoms with Gasteiger partial charge in [-0.3, -0.25) is 9.59 Å². The molecule has 2 rings (SSSR count). The average molecular weight is 341 g/mol. The minimum Gasteiger partial charge on any atom is -0.326 e. The van der Waals surface area contributed by atoms with Gasteiger partial charge in [-0.15, -0.1) is 11.3 Å². The van der Waals surface area contributed by atoms with Crippen LogP contribution >= 0.6 is 11.3 Å². The fourth-order valence-electron chi connectivity index (χ4n) is 1.90. The van der Waals surface area contributed by atoms with E-state index < -0.39 is 17.6 Å². The molecule has 0 atom stereocenters. The Morgan fingerprint density at radius 1 is 1.04 bits per heavy atom. The second-order valence-corrected chi connectivity index (χ2v) is 6.24. The van der Waals surface area contributed by atoms with Crippen LogP contribution in [0, 0.1) is 6.92 Å². The number of amides is 1. The number of hydrogen-bond donors (Lipinski definition) is 1. The average Bonchev–Trinajstić information content (AvgIpc) is 2.91. The Balaban J connectivity index is 1.86. The number of nitrogens with one attached hydrogen (secondary N) is 1. The lowest BCUT2D eigenvalue weighted by atomic mass is 10.1. The van der Waals surface area contributed by atoms with Crippen LogP contribution in [0.1, 0.15) is 33.0 Å². The van der Waals surface area contributed by atoms with Crippen LogP contribution in [0.5, 0.6) is 0 Å². The van der Waals surface area contributed by atoms with Crippen LogP contribution in [0.15, 0.2) is 36.4 Å². The summed E-state index contributed by atoms with van der Waals surface area (Å²) in [6.07, 6.45) is -4.36. The topological polar surface area (TPSA) is 46.2 Å². The first kappa shape index (κ1) is 17.2. The molecule has 0 aliphatic heterocycles. The lowest BCUT2D eigenvalue weighted by molar-refractivity contribution is -0.137. The van der Waals surface area contributed by atoms with Crippen LogP contribution in [-0.2, 0) is 11.0 Å². The van der Waals surface area contributed by atoms with E-state index in [4.69, 9.17) is 0 Å². The monoisotopic (exact) mass is 341 g/mol. The van der Waals surface area contributed by atoms with Gasteiger partial charge in [0, 0.05) is 23.4 Å². The first-order valence-electron chi connectivity index (χ1n) is 6.82. The number of halogens is 3. The number of hydrogen-bond acceptors (Lipinski definition) is 3. The summed E-state index contributed by atoms with van der Waals surface area (Å²) in [7, 11) is 0. The van der Waals surface area contributed by atoms with Gasteiger partial charge >= 0.3 is 6.18 Å². The molecule has 7 heteroatoms. The number of rotatable bonds is 5. The van der Waals surface area contributed by atoms with Gasteiger partial charge in [0.25, 0.3) is 0 Å². The quantitative estimate of drug-likeness (QED) is 0.803. The Hall–Kier alpha value is -2.15. The van der Waals surface area contributed by atoms with Crippen molar-refractivity contribution in [1.29, 1.82) is 0 Å². The van der Waals surface area contributed by atoms with Crippen LogP contribution in [0.4, 0.5) is 18.9 Å². The third-order valence-corrected chi connectivity index (χ3v) is 4.13. The van der Waals surface area contributed by atoms with E-state index in [1.807, 2.05) is 13.0 Å². The fourth-order valence-corrected chi connectivity index (χ4v) is 2.74. The summed E-state index contributed by atoms with van der Waals surface area (Å²) in [4.78, 5) is 25.2. The Labute approximate surface area is 135 Å². The van der Waals surface area contributed by atoms with Gasteiger partial charge < -0.3 is 5.32 Å². The van der Waals surface area contributed by atoms with Crippen LogP contribution in [0.25, 0.3) is 0 Å². The van der Waals surface area contributed by atoms with Gasteiger partial charge in [0.2, 0.25) is 5.91 Å². The van der Waals surface area contributed by atoms with Crippen LogP contribution in [0.3, 0.4) is 0 Å². The van der Waals surface area contributed by atoms with Gasteiger partial charge in [0.1, 0.15) is 0 Å². The normalized spacial score (nSPS) is 11.3. The third-order valence-electron chi connectivity index (χ3n) is 3.09. The minimum atomic E-state index is -4.41. The molecule has 122 valence electrons. The maximum absolute atomic E-state index is 12.4. The molecule has 1 aromatic carbocycles. The van der Waals surface area contributed by atoms with Gasteiger partial charge in [-0.2, -0.15) is 13.2 Å². The summed E-state index contributed by atoms with van der Waals surface area (Å²) >= 11 is 1.37. The maximum atomic E-state index is 12.4. The predicted octanol–water partition coefficient (Wildman–Crippen LogP) is 4.68. The van der Waals surface area contributed by atoms with E-state index in [-0.39, 0.29) is 24.3 Å². The summed E-state index contributed by atoms with van der Waals surface area (Å²) in [5.41, 5.74) is -0.513. The highest BCUT2D eigenvalue weighted by Crippen LogP contribution is 2.29. The molecular weight excluding hydrogens is 327 g/mol. The van der Waals surface area contributed by atoms with Gasteiger partial charge in [-0.25, -0.2) is 0 Å². The SMILES string of the molecule is Cc1ccc(C(=O)CCC(=O)Nc2ccc(C(F)(F)F)cc2)s1. The third kappa shape index (κ3) is 4.92. The number of thiophene rings is 1. The molecule has 0 aliphatic rings. The van der Waals surface area contributed by atoms with Gasteiger partial charge in [0.15, 0.2) is 5.78 Å². The Bertz CT molecular complexity index is 705. The summed E-state index contributed by atoms with van der Waals surface area (Å²) in [5, 5.41) is 2.48. The first-order chi connectivity index (χ1) is 10.8. The molecule has 0 fully saturated rings. The zero-order valence-electron chi connectivity index (χ0n) is 12.2. The molecule has 0 bridgehead atoms. The van der Waals surface area contributed by atoms with Crippen molar-refractivity contribution in [2.45, 2.75) is 25.9 Å². The van der Waals surface area contributed by atoms with Gasteiger partial charge in [0.05, 0.1) is 10.4 Å². The number of alkyl halides is 3. The molecule has 0 spiro atoms. The molecule has 0 saturated carbocycles. The molecule has 1 N–H and O–H groups in total. The number of anilines is 1. The highest BCUT2D eigenvalue weighted by Gasteiger charge is 2.29. The molecule has 1 aromatic heterocycles. The maximum Gasteiger partial charge on any atom is 0.416 e. The van der Waals surface area contributed by atoms with E-state index in [9.17, 15) is 22.8 Å². The number of aryl methyl sites for hydroxylation is 1. The molecule has 23 heavy (non-hydrogen) atoms. The van der Waals surface area contributed by atoms with Crippen molar-refractivity contribution in [2.75, 3.05) is 5.32 Å². The highest BCUT2D eigenvalue weighted by atomic mass is 32.1. The van der Waals surface area contributed by atoms with Crippen molar-refractivity contribution in [3.63, 3.8) is 0 Å². The standard InChI is InChI=1S/C16H14F3NO2S/c1-10-2-8-14(23-10)13(21)7-9-15(22)20-12-5-3-11(4-6-12)16(17,18)19/h2-6,8H,7,9H2,1H3,(H,20,22). The van der Waals surface area contributed by atoms with E-state index in [2.05, 4.69) is 5.32 Å². The van der Waals surface area contributed by atoms with E-state index in [0.29, 0.717) is 4.88 Å². The summed E-state index contributed by atoms with van der Waals surface area (Å²) in [6.45, 7) is 1.89. The second-order valence-electron chi connectivity index (χ2n) is 4.96. The minimum absolute atomic E-state index is 0.0171. The van der Waals surface area contributed by atoms with Crippen LogP contribution in [0.2, 0.25) is 0 Å². The molecule has 0 aliphatic carbocycles. The zero-order valence-corrected chi connectivity index (χ0v) is 13.1.